The minimum Gasteiger partial charge on any atom is -0.376 e. The number of hydrogen-bond acceptors (Lipinski definition) is 3. The van der Waals surface area contributed by atoms with Crippen molar-refractivity contribution >= 4 is 5.91 Å². The molecule has 3 rings (SSSR count). The lowest BCUT2D eigenvalue weighted by atomic mass is 9.89. The lowest BCUT2D eigenvalue weighted by Gasteiger charge is -2.17. The van der Waals surface area contributed by atoms with Crippen LogP contribution in [-0.2, 0) is 16.1 Å². The average Bonchev–Trinajstić information content (AvgIpc) is 3.11. The minimum absolute atomic E-state index is 0.157. The molecule has 2 N–H and O–H groups in total. The highest BCUT2D eigenvalue weighted by molar-refractivity contribution is 5.76. The normalized spacial score (nSPS) is 20.0. The van der Waals surface area contributed by atoms with Crippen LogP contribution >= 0.6 is 0 Å². The van der Waals surface area contributed by atoms with E-state index in [9.17, 15) is 4.79 Å². The van der Waals surface area contributed by atoms with Crippen molar-refractivity contribution in [2.75, 3.05) is 26.2 Å². The Morgan fingerprint density at radius 1 is 1.04 bits per heavy atom. The number of likely N-dealkylation sites (tertiary alicyclic amines) is 1. The van der Waals surface area contributed by atoms with Gasteiger partial charge in [0.05, 0.1) is 19.6 Å². The van der Waals surface area contributed by atoms with E-state index >= 15 is 0 Å². The largest absolute Gasteiger partial charge is 0.376 e. The van der Waals surface area contributed by atoms with Gasteiger partial charge in [0.2, 0.25) is 5.91 Å². The number of carbonyl (C=O) groups excluding carboxylic acids is 1. The van der Waals surface area contributed by atoms with Crippen molar-refractivity contribution < 1.29 is 9.53 Å². The predicted molar refractivity (Wildman–Crippen MR) is 99.0 cm³/mol. The van der Waals surface area contributed by atoms with E-state index in [4.69, 9.17) is 10.5 Å². The Morgan fingerprint density at radius 3 is 2.40 bits per heavy atom. The van der Waals surface area contributed by atoms with Crippen molar-refractivity contribution in [2.24, 2.45) is 11.7 Å². The average molecular weight is 338 g/mol. The second kappa shape index (κ2) is 8.79. The van der Waals surface area contributed by atoms with Crippen molar-refractivity contribution in [3.63, 3.8) is 0 Å². The number of amides is 1. The molecule has 25 heavy (non-hydrogen) atoms. The van der Waals surface area contributed by atoms with Crippen LogP contribution in [0.4, 0.5) is 0 Å². The van der Waals surface area contributed by atoms with Crippen LogP contribution in [0.2, 0.25) is 0 Å². The van der Waals surface area contributed by atoms with Crippen LogP contribution in [0.5, 0.6) is 0 Å². The van der Waals surface area contributed by atoms with E-state index in [0.717, 1.165) is 18.7 Å². The standard InChI is InChI=1S/C21H26N2O2/c22-13-19-14-23(15-20(19)18-9-5-2-6-10-18)21(24)11-12-25-16-17-7-3-1-4-8-17/h1-10,19-20H,11-16,22H2/t19-,20+/m1/s1. The van der Waals surface area contributed by atoms with Crippen LogP contribution in [0.25, 0.3) is 0 Å². The van der Waals surface area contributed by atoms with Crippen molar-refractivity contribution in [2.45, 2.75) is 18.9 Å². The molecule has 0 radical (unpaired) electrons. The molecular weight excluding hydrogens is 312 g/mol. The van der Waals surface area contributed by atoms with E-state index in [-0.39, 0.29) is 5.91 Å². The Labute approximate surface area is 149 Å². The molecule has 1 amide bonds. The SMILES string of the molecule is NC[C@@H]1CN(C(=O)CCOCc2ccccc2)C[C@H]1c1ccccc1. The first-order valence-corrected chi connectivity index (χ1v) is 8.92. The first-order valence-electron chi connectivity index (χ1n) is 8.92. The van der Waals surface area contributed by atoms with E-state index in [1.165, 1.54) is 5.56 Å². The molecule has 0 spiro atoms. The fraction of sp³-hybridized carbons (Fsp3) is 0.381. The van der Waals surface area contributed by atoms with E-state index in [1.807, 2.05) is 53.4 Å². The van der Waals surface area contributed by atoms with Gasteiger partial charge in [-0.05, 0) is 23.6 Å². The number of nitrogens with two attached hydrogens (primary N) is 1. The van der Waals surface area contributed by atoms with Gasteiger partial charge in [0.15, 0.2) is 0 Å². The van der Waals surface area contributed by atoms with Crippen LogP contribution in [0, 0.1) is 5.92 Å². The van der Waals surface area contributed by atoms with Crippen LogP contribution in [-0.4, -0.2) is 37.0 Å². The van der Waals surface area contributed by atoms with Crippen LogP contribution in [0.3, 0.4) is 0 Å². The second-order valence-electron chi connectivity index (χ2n) is 6.60. The molecule has 2 aromatic rings. The third-order valence-corrected chi connectivity index (χ3v) is 4.90. The maximum atomic E-state index is 12.5. The lowest BCUT2D eigenvalue weighted by Crippen LogP contribution is -2.30. The second-order valence-corrected chi connectivity index (χ2v) is 6.60. The van der Waals surface area contributed by atoms with Gasteiger partial charge < -0.3 is 15.4 Å². The van der Waals surface area contributed by atoms with Crippen LogP contribution in [0.1, 0.15) is 23.5 Å². The van der Waals surface area contributed by atoms with Gasteiger partial charge in [0.1, 0.15) is 0 Å². The molecular formula is C21H26N2O2. The summed E-state index contributed by atoms with van der Waals surface area (Å²) in [5.74, 6) is 0.821. The Hall–Kier alpha value is -2.17. The van der Waals surface area contributed by atoms with Gasteiger partial charge in [-0.2, -0.15) is 0 Å². The Bertz CT molecular complexity index is 660. The molecule has 1 aliphatic rings. The molecule has 0 unspecified atom stereocenters. The first-order chi connectivity index (χ1) is 12.3. The number of nitrogens with zero attached hydrogens (tertiary/aromatic N) is 1. The summed E-state index contributed by atoms with van der Waals surface area (Å²) in [6.07, 6.45) is 0.422. The molecule has 1 saturated heterocycles. The number of carbonyl (C=O) groups is 1. The summed E-state index contributed by atoms with van der Waals surface area (Å²) < 4.78 is 5.64. The van der Waals surface area contributed by atoms with Gasteiger partial charge >= 0.3 is 0 Å². The van der Waals surface area contributed by atoms with Crippen molar-refractivity contribution in [1.82, 2.24) is 4.90 Å². The molecule has 4 heteroatoms. The van der Waals surface area contributed by atoms with Gasteiger partial charge in [0, 0.05) is 19.0 Å². The molecule has 2 atom stereocenters. The van der Waals surface area contributed by atoms with Crippen molar-refractivity contribution in [3.05, 3.63) is 71.8 Å². The topological polar surface area (TPSA) is 55.6 Å². The summed E-state index contributed by atoms with van der Waals surface area (Å²) in [6, 6.07) is 20.4. The summed E-state index contributed by atoms with van der Waals surface area (Å²) in [4.78, 5) is 14.4. The third-order valence-electron chi connectivity index (χ3n) is 4.90. The smallest absolute Gasteiger partial charge is 0.224 e. The summed E-state index contributed by atoms with van der Waals surface area (Å²) >= 11 is 0. The molecule has 0 bridgehead atoms. The highest BCUT2D eigenvalue weighted by Gasteiger charge is 2.34. The lowest BCUT2D eigenvalue weighted by molar-refractivity contribution is -0.131. The Kier molecular flexibility index (Phi) is 6.20. The molecule has 0 aromatic heterocycles. The number of benzene rings is 2. The highest BCUT2D eigenvalue weighted by Crippen LogP contribution is 2.32. The Morgan fingerprint density at radius 2 is 1.72 bits per heavy atom. The zero-order valence-corrected chi connectivity index (χ0v) is 14.5. The van der Waals surface area contributed by atoms with Gasteiger partial charge in [-0.25, -0.2) is 0 Å². The molecule has 132 valence electrons. The molecule has 4 nitrogen and oxygen atoms in total. The summed E-state index contributed by atoms with van der Waals surface area (Å²) in [7, 11) is 0. The summed E-state index contributed by atoms with van der Waals surface area (Å²) in [6.45, 7) is 3.10. The van der Waals surface area contributed by atoms with Crippen LogP contribution in [0.15, 0.2) is 60.7 Å². The summed E-state index contributed by atoms with van der Waals surface area (Å²) in [5, 5.41) is 0. The maximum absolute atomic E-state index is 12.5. The number of hydrogen-bond donors (Lipinski definition) is 1. The molecule has 1 fully saturated rings. The Balaban J connectivity index is 1.48. The molecule has 1 heterocycles. The number of ether oxygens (including phenoxy) is 1. The van der Waals surface area contributed by atoms with Gasteiger partial charge in [-0.15, -0.1) is 0 Å². The molecule has 2 aromatic carbocycles. The fourth-order valence-electron chi connectivity index (χ4n) is 3.47. The van der Waals surface area contributed by atoms with E-state index < -0.39 is 0 Å². The highest BCUT2D eigenvalue weighted by atomic mass is 16.5. The van der Waals surface area contributed by atoms with Gasteiger partial charge in [0.25, 0.3) is 0 Å². The minimum atomic E-state index is 0.157. The van der Waals surface area contributed by atoms with Crippen LogP contribution < -0.4 is 5.73 Å². The fourth-order valence-corrected chi connectivity index (χ4v) is 3.47. The zero-order valence-electron chi connectivity index (χ0n) is 14.5. The monoisotopic (exact) mass is 338 g/mol. The van der Waals surface area contributed by atoms with Gasteiger partial charge in [-0.1, -0.05) is 60.7 Å². The summed E-state index contributed by atoms with van der Waals surface area (Å²) in [5.41, 5.74) is 8.35. The maximum Gasteiger partial charge on any atom is 0.224 e. The molecule has 0 aliphatic carbocycles. The number of rotatable bonds is 7. The van der Waals surface area contributed by atoms with Gasteiger partial charge in [-0.3, -0.25) is 4.79 Å². The molecule has 0 saturated carbocycles. The van der Waals surface area contributed by atoms with E-state index in [0.29, 0.717) is 38.0 Å². The van der Waals surface area contributed by atoms with E-state index in [1.54, 1.807) is 0 Å². The molecule has 1 aliphatic heterocycles. The quantitative estimate of drug-likeness (QED) is 0.790. The van der Waals surface area contributed by atoms with Crippen molar-refractivity contribution in [3.8, 4) is 0 Å². The third kappa shape index (κ3) is 4.68. The zero-order chi connectivity index (χ0) is 17.5. The van der Waals surface area contributed by atoms with E-state index in [2.05, 4.69) is 12.1 Å². The first kappa shape index (κ1) is 17.6. The van der Waals surface area contributed by atoms with Crippen molar-refractivity contribution in [1.29, 1.82) is 0 Å². The predicted octanol–water partition coefficient (Wildman–Crippen LogP) is 2.79.